The molecule has 1 aromatic heterocycles. The van der Waals surface area contributed by atoms with Gasteiger partial charge in [0.1, 0.15) is 5.56 Å². The standard InChI is InChI=1S/C21H15F3N2O5/c1-2-31-21(28)15-18(11-5-3-4-6-14(11)26(29)30)25(10-7-8-10)19-12(20(15)27)9-13(22)16(23)17(19)24/h3-6,9-10H,2,7-8H2,1H3. The van der Waals surface area contributed by atoms with Crippen LogP contribution in [0.1, 0.15) is 36.2 Å². The van der Waals surface area contributed by atoms with E-state index in [1.165, 1.54) is 29.7 Å². The average molecular weight is 432 g/mol. The number of para-hydroxylation sites is 1. The molecule has 3 aromatic rings. The van der Waals surface area contributed by atoms with Crippen LogP contribution in [0, 0.1) is 27.6 Å². The van der Waals surface area contributed by atoms with E-state index in [0.717, 1.165) is 6.07 Å². The Morgan fingerprint density at radius 1 is 1.23 bits per heavy atom. The van der Waals surface area contributed by atoms with Crippen LogP contribution in [-0.2, 0) is 4.74 Å². The highest BCUT2D eigenvalue weighted by atomic mass is 19.2. The second-order valence-electron chi connectivity index (χ2n) is 7.03. The van der Waals surface area contributed by atoms with E-state index in [4.69, 9.17) is 4.74 Å². The molecule has 0 atom stereocenters. The Hall–Kier alpha value is -3.69. The van der Waals surface area contributed by atoms with Gasteiger partial charge in [-0.2, -0.15) is 0 Å². The number of esters is 1. The van der Waals surface area contributed by atoms with Crippen molar-refractivity contribution < 1.29 is 27.6 Å². The molecule has 0 N–H and O–H groups in total. The second kappa shape index (κ2) is 7.53. The normalized spacial score (nSPS) is 13.4. The Bertz CT molecular complexity index is 1310. The monoisotopic (exact) mass is 432 g/mol. The van der Waals surface area contributed by atoms with Crippen molar-refractivity contribution in [1.29, 1.82) is 0 Å². The molecule has 0 spiro atoms. The lowest BCUT2D eigenvalue weighted by Gasteiger charge is -2.20. The maximum atomic E-state index is 14.9. The molecule has 0 radical (unpaired) electrons. The SMILES string of the molecule is CCOC(=O)c1c(-c2ccccc2[N+](=O)[O-])n(C2CC2)c2c(F)c(F)c(F)cc2c1=O. The number of ether oxygens (including phenoxy) is 1. The molecule has 4 rings (SSSR count). The lowest BCUT2D eigenvalue weighted by molar-refractivity contribution is -0.384. The van der Waals surface area contributed by atoms with Crippen LogP contribution in [0.4, 0.5) is 18.9 Å². The number of pyridine rings is 1. The Kier molecular flexibility index (Phi) is 5.00. The van der Waals surface area contributed by atoms with E-state index in [2.05, 4.69) is 0 Å². The summed E-state index contributed by atoms with van der Waals surface area (Å²) in [4.78, 5) is 36.9. The van der Waals surface area contributed by atoms with Gasteiger partial charge in [0.25, 0.3) is 5.69 Å². The first-order valence-electron chi connectivity index (χ1n) is 9.44. The summed E-state index contributed by atoms with van der Waals surface area (Å²) in [5.41, 5.74) is -3.07. The molecule has 1 aliphatic rings. The van der Waals surface area contributed by atoms with Crippen LogP contribution in [-0.4, -0.2) is 22.1 Å². The predicted octanol–water partition coefficient (Wildman–Crippen LogP) is 4.51. The van der Waals surface area contributed by atoms with Crippen LogP contribution in [0.2, 0.25) is 0 Å². The molecule has 1 heterocycles. The van der Waals surface area contributed by atoms with Gasteiger partial charge in [0.05, 0.1) is 33.7 Å². The van der Waals surface area contributed by atoms with E-state index in [9.17, 15) is 32.9 Å². The van der Waals surface area contributed by atoms with E-state index in [1.54, 1.807) is 0 Å². The van der Waals surface area contributed by atoms with Crippen LogP contribution < -0.4 is 5.43 Å². The Morgan fingerprint density at radius 2 is 1.90 bits per heavy atom. The zero-order valence-corrected chi connectivity index (χ0v) is 16.2. The number of nitro benzene ring substituents is 1. The van der Waals surface area contributed by atoms with Gasteiger partial charge in [-0.25, -0.2) is 18.0 Å². The Labute approximate surface area is 172 Å². The summed E-state index contributed by atoms with van der Waals surface area (Å²) in [5.74, 6) is -6.06. The van der Waals surface area contributed by atoms with Crippen molar-refractivity contribution in [3.63, 3.8) is 0 Å². The topological polar surface area (TPSA) is 91.4 Å². The molecular formula is C21H15F3N2O5. The van der Waals surface area contributed by atoms with Crippen molar-refractivity contribution in [2.24, 2.45) is 0 Å². The third-order valence-electron chi connectivity index (χ3n) is 5.07. The zero-order chi connectivity index (χ0) is 22.4. The second-order valence-corrected chi connectivity index (χ2v) is 7.03. The highest BCUT2D eigenvalue weighted by Crippen LogP contribution is 2.44. The summed E-state index contributed by atoms with van der Waals surface area (Å²) >= 11 is 0. The van der Waals surface area contributed by atoms with Crippen LogP contribution in [0.5, 0.6) is 0 Å². The summed E-state index contributed by atoms with van der Waals surface area (Å²) in [5, 5.41) is 11.1. The number of hydrogen-bond donors (Lipinski definition) is 0. The molecule has 7 nitrogen and oxygen atoms in total. The Balaban J connectivity index is 2.28. The lowest BCUT2D eigenvalue weighted by Crippen LogP contribution is -2.25. The molecule has 2 aromatic carbocycles. The highest BCUT2D eigenvalue weighted by molar-refractivity contribution is 6.02. The van der Waals surface area contributed by atoms with Crippen LogP contribution in [0.15, 0.2) is 35.1 Å². The minimum Gasteiger partial charge on any atom is -0.462 e. The first-order chi connectivity index (χ1) is 14.8. The van der Waals surface area contributed by atoms with Gasteiger partial charge in [0, 0.05) is 12.1 Å². The fourth-order valence-electron chi connectivity index (χ4n) is 3.66. The van der Waals surface area contributed by atoms with Crippen LogP contribution >= 0.6 is 0 Å². The maximum absolute atomic E-state index is 14.9. The molecule has 0 bridgehead atoms. The van der Waals surface area contributed by atoms with Gasteiger partial charge in [-0.3, -0.25) is 14.9 Å². The number of carbonyl (C=O) groups is 1. The van der Waals surface area contributed by atoms with Crippen molar-refractivity contribution in [2.75, 3.05) is 6.61 Å². The van der Waals surface area contributed by atoms with Crippen molar-refractivity contribution in [3.05, 3.63) is 73.7 Å². The van der Waals surface area contributed by atoms with E-state index in [1.807, 2.05) is 0 Å². The quantitative estimate of drug-likeness (QED) is 0.256. The smallest absolute Gasteiger partial charge is 0.344 e. The molecule has 31 heavy (non-hydrogen) atoms. The van der Waals surface area contributed by atoms with E-state index < -0.39 is 62.0 Å². The number of fused-ring (bicyclic) bond motifs is 1. The molecule has 10 heteroatoms. The summed E-state index contributed by atoms with van der Waals surface area (Å²) in [6.07, 6.45) is 0.985. The Morgan fingerprint density at radius 3 is 2.52 bits per heavy atom. The largest absolute Gasteiger partial charge is 0.462 e. The molecule has 0 amide bonds. The van der Waals surface area contributed by atoms with Gasteiger partial charge in [-0.15, -0.1) is 0 Å². The number of hydrogen-bond acceptors (Lipinski definition) is 5. The van der Waals surface area contributed by atoms with Gasteiger partial charge in [-0.05, 0) is 31.9 Å². The zero-order valence-electron chi connectivity index (χ0n) is 16.2. The minimum absolute atomic E-state index is 0.109. The third kappa shape index (κ3) is 3.24. The first-order valence-corrected chi connectivity index (χ1v) is 9.44. The molecular weight excluding hydrogens is 417 g/mol. The van der Waals surface area contributed by atoms with E-state index in [-0.39, 0.29) is 17.9 Å². The van der Waals surface area contributed by atoms with Gasteiger partial charge in [0.15, 0.2) is 17.5 Å². The fraction of sp³-hybridized carbons (Fsp3) is 0.238. The molecule has 0 saturated heterocycles. The van der Waals surface area contributed by atoms with Gasteiger partial charge in [-0.1, -0.05) is 12.1 Å². The summed E-state index contributed by atoms with van der Waals surface area (Å²) in [7, 11) is 0. The summed E-state index contributed by atoms with van der Waals surface area (Å²) in [6.45, 7) is 1.39. The molecule has 1 aliphatic carbocycles. The van der Waals surface area contributed by atoms with E-state index in [0.29, 0.717) is 18.9 Å². The number of carbonyl (C=O) groups excluding carboxylic acids is 1. The van der Waals surface area contributed by atoms with Crippen molar-refractivity contribution in [2.45, 2.75) is 25.8 Å². The van der Waals surface area contributed by atoms with E-state index >= 15 is 0 Å². The van der Waals surface area contributed by atoms with Gasteiger partial charge < -0.3 is 9.30 Å². The summed E-state index contributed by atoms with van der Waals surface area (Å²) in [6, 6.07) is 5.37. The predicted molar refractivity (Wildman–Crippen MR) is 104 cm³/mol. The number of nitrogens with zero attached hydrogens (tertiary/aromatic N) is 2. The summed E-state index contributed by atoms with van der Waals surface area (Å²) < 4.78 is 49.1. The van der Waals surface area contributed by atoms with Crippen molar-refractivity contribution in [3.8, 4) is 11.3 Å². The molecule has 0 aliphatic heterocycles. The number of benzene rings is 2. The molecule has 1 fully saturated rings. The molecule has 1 saturated carbocycles. The molecule has 0 unspecified atom stereocenters. The van der Waals surface area contributed by atoms with Crippen LogP contribution in [0.3, 0.4) is 0 Å². The number of nitro groups is 1. The van der Waals surface area contributed by atoms with Gasteiger partial charge >= 0.3 is 5.97 Å². The maximum Gasteiger partial charge on any atom is 0.344 e. The fourth-order valence-corrected chi connectivity index (χ4v) is 3.66. The number of aromatic nitrogens is 1. The van der Waals surface area contributed by atoms with Crippen molar-refractivity contribution >= 4 is 22.6 Å². The average Bonchev–Trinajstić information content (AvgIpc) is 3.57. The van der Waals surface area contributed by atoms with Gasteiger partial charge in [0.2, 0.25) is 5.43 Å². The lowest BCUT2D eigenvalue weighted by atomic mass is 9.99. The first kappa shape index (κ1) is 20.6. The number of halogens is 3. The van der Waals surface area contributed by atoms with Crippen molar-refractivity contribution in [1.82, 2.24) is 4.57 Å². The molecule has 160 valence electrons. The highest BCUT2D eigenvalue weighted by Gasteiger charge is 2.36. The van der Waals surface area contributed by atoms with Crippen LogP contribution in [0.25, 0.3) is 22.2 Å². The third-order valence-corrected chi connectivity index (χ3v) is 5.07. The number of rotatable bonds is 5. The minimum atomic E-state index is -1.78.